The Morgan fingerprint density at radius 3 is 2.52 bits per heavy atom. The third-order valence-corrected chi connectivity index (χ3v) is 7.30. The quantitative estimate of drug-likeness (QED) is 0.325. The van der Waals surface area contributed by atoms with Gasteiger partial charge in [-0.1, -0.05) is 43.7 Å². The second-order valence-corrected chi connectivity index (χ2v) is 10.4. The summed E-state index contributed by atoms with van der Waals surface area (Å²) < 4.78 is 0. The first-order valence-corrected chi connectivity index (χ1v) is 11.9. The highest BCUT2D eigenvalue weighted by Crippen LogP contribution is 2.41. The van der Waals surface area contributed by atoms with Gasteiger partial charge in [-0.2, -0.15) is 0 Å². The first kappa shape index (κ1) is 24.5. The van der Waals surface area contributed by atoms with Crippen LogP contribution in [-0.2, 0) is 4.79 Å². The van der Waals surface area contributed by atoms with E-state index in [0.29, 0.717) is 49.1 Å². The summed E-state index contributed by atoms with van der Waals surface area (Å²) in [7, 11) is 0. The number of carbonyl (C=O) groups is 1. The van der Waals surface area contributed by atoms with Crippen molar-refractivity contribution in [2.45, 2.75) is 75.6 Å². The lowest BCUT2D eigenvalue weighted by molar-refractivity contribution is -0.130. The van der Waals surface area contributed by atoms with Gasteiger partial charge in [0.05, 0.1) is 22.8 Å². The first-order valence-electron chi connectivity index (χ1n) is 11.1. The smallest absolute Gasteiger partial charge is 0.153 e. The standard InChI is InChI=1S/C24H33Cl2NO4/c1-14(2)21(27-23(30)16-11-19(26)13-20(28)12-16)22(29)15-7-9-24(31,10-8-15)17-3-5-18(25)6-4-17/h3,5-6,11-12,14-15,17,19,21,23,27-28,30-31H,4,7-10,13H2,1-2H3/t15?,17?,19?,21-,23?,24?/m1/s1. The van der Waals surface area contributed by atoms with Gasteiger partial charge in [0.2, 0.25) is 0 Å². The largest absolute Gasteiger partial charge is 0.512 e. The van der Waals surface area contributed by atoms with E-state index in [2.05, 4.69) is 5.32 Å². The van der Waals surface area contributed by atoms with Crippen LogP contribution in [0.1, 0.15) is 52.4 Å². The van der Waals surface area contributed by atoms with Gasteiger partial charge in [0.25, 0.3) is 0 Å². The summed E-state index contributed by atoms with van der Waals surface area (Å²) >= 11 is 12.1. The molecule has 4 N–H and O–H groups in total. The summed E-state index contributed by atoms with van der Waals surface area (Å²) in [5.74, 6) is 0.0119. The van der Waals surface area contributed by atoms with E-state index in [9.17, 15) is 20.1 Å². The summed E-state index contributed by atoms with van der Waals surface area (Å²) in [6, 6.07) is -0.533. The Hall–Kier alpha value is -1.11. The number of rotatable bonds is 7. The van der Waals surface area contributed by atoms with E-state index in [-0.39, 0.29) is 34.7 Å². The lowest BCUT2D eigenvalue weighted by Crippen LogP contribution is -2.51. The molecule has 3 aliphatic carbocycles. The molecule has 0 heterocycles. The van der Waals surface area contributed by atoms with Crippen LogP contribution in [0.15, 0.2) is 46.7 Å². The van der Waals surface area contributed by atoms with Gasteiger partial charge in [-0.15, -0.1) is 11.6 Å². The molecule has 0 aliphatic heterocycles. The molecule has 0 aromatic heterocycles. The Labute approximate surface area is 194 Å². The Balaban J connectivity index is 1.62. The zero-order valence-electron chi connectivity index (χ0n) is 18.1. The van der Waals surface area contributed by atoms with Crippen molar-refractivity contribution in [1.29, 1.82) is 0 Å². The Morgan fingerprint density at radius 1 is 1.29 bits per heavy atom. The molecule has 31 heavy (non-hydrogen) atoms. The monoisotopic (exact) mass is 469 g/mol. The number of aliphatic hydroxyl groups is 3. The molecule has 1 saturated carbocycles. The highest BCUT2D eigenvalue weighted by molar-refractivity contribution is 6.31. The number of carbonyl (C=O) groups excluding carboxylic acids is 1. The Morgan fingerprint density at radius 2 is 1.97 bits per heavy atom. The van der Waals surface area contributed by atoms with Gasteiger partial charge in [0, 0.05) is 23.3 Å². The Kier molecular flexibility index (Phi) is 8.09. The van der Waals surface area contributed by atoms with Crippen LogP contribution >= 0.6 is 23.2 Å². The third kappa shape index (κ3) is 6.02. The average Bonchev–Trinajstić information content (AvgIpc) is 2.71. The second-order valence-electron chi connectivity index (χ2n) is 9.38. The number of hydrogen-bond donors (Lipinski definition) is 4. The van der Waals surface area contributed by atoms with Crippen LogP contribution in [0.4, 0.5) is 0 Å². The molecule has 0 radical (unpaired) electrons. The molecular weight excluding hydrogens is 437 g/mol. The van der Waals surface area contributed by atoms with Crippen LogP contribution in [-0.4, -0.2) is 44.4 Å². The summed E-state index contributed by atoms with van der Waals surface area (Å²) in [4.78, 5) is 13.3. The number of hydrogen-bond acceptors (Lipinski definition) is 5. The van der Waals surface area contributed by atoms with Crippen molar-refractivity contribution in [3.63, 3.8) is 0 Å². The van der Waals surface area contributed by atoms with E-state index in [1.807, 2.05) is 32.1 Å². The molecule has 3 rings (SSSR count). The minimum absolute atomic E-state index is 0.0214. The van der Waals surface area contributed by atoms with Crippen molar-refractivity contribution in [2.24, 2.45) is 17.8 Å². The van der Waals surface area contributed by atoms with Gasteiger partial charge in [-0.3, -0.25) is 10.1 Å². The number of Topliss-reactive ketones (excluding diaryl/α,β-unsaturated/α-hetero) is 1. The van der Waals surface area contributed by atoms with E-state index in [4.69, 9.17) is 23.2 Å². The molecule has 4 atom stereocenters. The van der Waals surface area contributed by atoms with E-state index < -0.39 is 17.9 Å². The van der Waals surface area contributed by atoms with Gasteiger partial charge in [0.1, 0.15) is 6.23 Å². The van der Waals surface area contributed by atoms with Crippen LogP contribution in [0.2, 0.25) is 0 Å². The van der Waals surface area contributed by atoms with Crippen molar-refractivity contribution >= 4 is 29.0 Å². The summed E-state index contributed by atoms with van der Waals surface area (Å²) in [6.45, 7) is 3.88. The van der Waals surface area contributed by atoms with E-state index in [1.54, 1.807) is 6.08 Å². The highest BCUT2D eigenvalue weighted by Gasteiger charge is 2.42. The zero-order chi connectivity index (χ0) is 22.8. The molecule has 0 aromatic rings. The van der Waals surface area contributed by atoms with Crippen LogP contribution in [0.25, 0.3) is 0 Å². The predicted octanol–water partition coefficient (Wildman–Crippen LogP) is 4.49. The van der Waals surface area contributed by atoms with Crippen molar-refractivity contribution in [3.05, 3.63) is 46.7 Å². The topological polar surface area (TPSA) is 89.8 Å². The molecule has 0 saturated heterocycles. The molecular formula is C24H33Cl2NO4. The molecule has 0 spiro atoms. The second kappa shape index (κ2) is 10.2. The van der Waals surface area contributed by atoms with E-state index in [1.165, 1.54) is 6.08 Å². The van der Waals surface area contributed by atoms with Gasteiger partial charge < -0.3 is 15.3 Å². The molecule has 172 valence electrons. The maximum atomic E-state index is 13.3. The molecule has 0 aromatic carbocycles. The number of halogens is 2. The van der Waals surface area contributed by atoms with Gasteiger partial charge in [0.15, 0.2) is 5.78 Å². The van der Waals surface area contributed by atoms with Gasteiger partial charge >= 0.3 is 0 Å². The lowest BCUT2D eigenvalue weighted by Gasteiger charge is -2.41. The summed E-state index contributed by atoms with van der Waals surface area (Å²) in [5.41, 5.74) is -0.345. The van der Waals surface area contributed by atoms with Gasteiger partial charge in [-0.25, -0.2) is 0 Å². The SMILES string of the molecule is CC(C)[C@@H](NC(O)C1=CC(Cl)CC(O)=C1)C(=O)C1CCC(O)(C2C=CC(Cl)=CC2)CC1. The first-order chi connectivity index (χ1) is 14.6. The number of aliphatic hydroxyl groups excluding tert-OH is 2. The molecule has 0 amide bonds. The molecule has 1 fully saturated rings. The maximum Gasteiger partial charge on any atom is 0.153 e. The van der Waals surface area contributed by atoms with Crippen molar-refractivity contribution in [2.75, 3.05) is 0 Å². The fourth-order valence-corrected chi connectivity index (χ4v) is 5.29. The minimum atomic E-state index is -1.09. The number of nitrogens with one attached hydrogen (secondary N) is 1. The molecule has 5 nitrogen and oxygen atoms in total. The molecule has 7 heteroatoms. The van der Waals surface area contributed by atoms with E-state index in [0.717, 1.165) is 0 Å². The lowest BCUT2D eigenvalue weighted by atomic mass is 9.68. The number of alkyl halides is 1. The normalized spacial score (nSPS) is 33.4. The van der Waals surface area contributed by atoms with Crippen molar-refractivity contribution in [1.82, 2.24) is 5.32 Å². The molecule has 3 unspecified atom stereocenters. The summed E-state index contributed by atoms with van der Waals surface area (Å²) in [6.07, 6.45) is 11.2. The molecule has 0 bridgehead atoms. The highest BCUT2D eigenvalue weighted by atomic mass is 35.5. The van der Waals surface area contributed by atoms with Crippen LogP contribution < -0.4 is 5.32 Å². The number of allylic oxidation sites excluding steroid dienone is 5. The van der Waals surface area contributed by atoms with Crippen LogP contribution in [0.3, 0.4) is 0 Å². The fourth-order valence-electron chi connectivity index (χ4n) is 4.83. The third-order valence-electron chi connectivity index (χ3n) is 6.74. The predicted molar refractivity (Wildman–Crippen MR) is 124 cm³/mol. The fraction of sp³-hybridized carbons (Fsp3) is 0.625. The van der Waals surface area contributed by atoms with Crippen molar-refractivity contribution < 1.29 is 20.1 Å². The van der Waals surface area contributed by atoms with Gasteiger partial charge in [-0.05, 0) is 55.7 Å². The maximum absolute atomic E-state index is 13.3. The van der Waals surface area contributed by atoms with Crippen LogP contribution in [0, 0.1) is 17.8 Å². The summed E-state index contributed by atoms with van der Waals surface area (Å²) in [5, 5.41) is 35.0. The Bertz CT molecular complexity index is 793. The van der Waals surface area contributed by atoms with Crippen LogP contribution in [0.5, 0.6) is 0 Å². The van der Waals surface area contributed by atoms with Crippen molar-refractivity contribution in [3.8, 4) is 0 Å². The molecule has 3 aliphatic rings. The minimum Gasteiger partial charge on any atom is -0.512 e. The van der Waals surface area contributed by atoms with E-state index >= 15 is 0 Å². The average molecular weight is 470 g/mol. The zero-order valence-corrected chi connectivity index (χ0v) is 19.6. The number of ketones is 1.